The number of rotatable bonds is 6. The number of hydrogen-bond acceptors (Lipinski definition) is 5. The summed E-state index contributed by atoms with van der Waals surface area (Å²) in [6.45, 7) is 3.91. The molecule has 0 aliphatic carbocycles. The van der Waals surface area contributed by atoms with E-state index < -0.39 is 11.9 Å². The molecule has 0 radical (unpaired) electrons. The molecule has 23 heavy (non-hydrogen) atoms. The molecule has 0 aliphatic heterocycles. The zero-order chi connectivity index (χ0) is 16.7. The molecule has 0 saturated heterocycles. The summed E-state index contributed by atoms with van der Waals surface area (Å²) >= 11 is 0. The molecule has 1 amide bonds. The van der Waals surface area contributed by atoms with E-state index in [4.69, 9.17) is 4.74 Å². The van der Waals surface area contributed by atoms with Crippen molar-refractivity contribution < 1.29 is 14.3 Å². The lowest BCUT2D eigenvalue weighted by molar-refractivity contribution is -0.119. The summed E-state index contributed by atoms with van der Waals surface area (Å²) in [5.74, 6) is -0.605. The van der Waals surface area contributed by atoms with Crippen LogP contribution in [-0.4, -0.2) is 28.5 Å². The molecule has 1 heterocycles. The number of nitrogens with zero attached hydrogens (tertiary/aromatic N) is 2. The number of esters is 1. The number of ether oxygens (including phenoxy) is 1. The molecule has 0 unspecified atom stereocenters. The Hall–Kier alpha value is -2.76. The standard InChI is InChI=1S/C17H19N3O3/c1-3-12(2)13-4-6-14(7-5-13)20-16(21)11-23-17(22)15-10-18-8-9-19-15/h4-10,12H,3,11H2,1-2H3,(H,20,21)/t12-/m1/s1. The molecule has 0 saturated carbocycles. The number of amides is 1. The summed E-state index contributed by atoms with van der Waals surface area (Å²) in [5, 5.41) is 2.68. The molecule has 0 fully saturated rings. The molecule has 1 aromatic carbocycles. The molecule has 0 bridgehead atoms. The predicted octanol–water partition coefficient (Wildman–Crippen LogP) is 2.79. The summed E-state index contributed by atoms with van der Waals surface area (Å²) in [7, 11) is 0. The number of hydrogen-bond donors (Lipinski definition) is 1. The minimum absolute atomic E-state index is 0.0678. The van der Waals surface area contributed by atoms with Crippen molar-refractivity contribution in [3.05, 3.63) is 54.1 Å². The fraction of sp³-hybridized carbons (Fsp3) is 0.294. The van der Waals surface area contributed by atoms with E-state index in [2.05, 4.69) is 29.1 Å². The van der Waals surface area contributed by atoms with Crippen LogP contribution in [0.2, 0.25) is 0 Å². The minimum Gasteiger partial charge on any atom is -0.451 e. The Bertz CT molecular complexity index is 657. The van der Waals surface area contributed by atoms with Crippen LogP contribution in [0.1, 0.15) is 42.2 Å². The van der Waals surface area contributed by atoms with Gasteiger partial charge < -0.3 is 10.1 Å². The van der Waals surface area contributed by atoms with E-state index in [1.165, 1.54) is 24.2 Å². The Kier molecular flexibility index (Phi) is 5.80. The van der Waals surface area contributed by atoms with Crippen LogP contribution in [0.15, 0.2) is 42.9 Å². The van der Waals surface area contributed by atoms with Gasteiger partial charge in [0.15, 0.2) is 12.3 Å². The highest BCUT2D eigenvalue weighted by atomic mass is 16.5. The molecule has 2 rings (SSSR count). The first-order valence-electron chi connectivity index (χ1n) is 7.43. The quantitative estimate of drug-likeness (QED) is 0.829. The van der Waals surface area contributed by atoms with Gasteiger partial charge in [-0.1, -0.05) is 26.0 Å². The molecule has 0 aliphatic rings. The van der Waals surface area contributed by atoms with Crippen molar-refractivity contribution in [2.75, 3.05) is 11.9 Å². The van der Waals surface area contributed by atoms with Crippen LogP contribution in [0.4, 0.5) is 5.69 Å². The monoisotopic (exact) mass is 313 g/mol. The Labute approximate surface area is 134 Å². The van der Waals surface area contributed by atoms with Crippen LogP contribution >= 0.6 is 0 Å². The van der Waals surface area contributed by atoms with Crippen molar-refractivity contribution in [2.45, 2.75) is 26.2 Å². The van der Waals surface area contributed by atoms with Crippen LogP contribution in [0, 0.1) is 0 Å². The maximum atomic E-state index is 11.8. The van der Waals surface area contributed by atoms with Gasteiger partial charge in [-0.15, -0.1) is 0 Å². The number of carbonyl (C=O) groups excluding carboxylic acids is 2. The second-order valence-electron chi connectivity index (χ2n) is 5.15. The number of anilines is 1. The predicted molar refractivity (Wildman–Crippen MR) is 86.1 cm³/mol. The van der Waals surface area contributed by atoms with E-state index in [1.54, 1.807) is 0 Å². The summed E-state index contributed by atoms with van der Waals surface area (Å²) in [6.07, 6.45) is 5.18. The molecule has 1 aromatic heterocycles. The van der Waals surface area contributed by atoms with Gasteiger partial charge >= 0.3 is 5.97 Å². The SMILES string of the molecule is CC[C@@H](C)c1ccc(NC(=O)COC(=O)c2cnccn2)cc1. The molecular weight excluding hydrogens is 294 g/mol. The first kappa shape index (κ1) is 16.6. The van der Waals surface area contributed by atoms with E-state index in [1.807, 2.05) is 24.3 Å². The first-order valence-corrected chi connectivity index (χ1v) is 7.43. The van der Waals surface area contributed by atoms with Crippen LogP contribution in [0.5, 0.6) is 0 Å². The van der Waals surface area contributed by atoms with E-state index >= 15 is 0 Å². The zero-order valence-electron chi connectivity index (χ0n) is 13.2. The molecule has 2 aromatic rings. The molecule has 120 valence electrons. The van der Waals surface area contributed by atoms with E-state index in [9.17, 15) is 9.59 Å². The van der Waals surface area contributed by atoms with Gasteiger partial charge in [0.05, 0.1) is 6.20 Å². The first-order chi connectivity index (χ1) is 11.1. The maximum Gasteiger partial charge on any atom is 0.359 e. The van der Waals surface area contributed by atoms with E-state index in [0.717, 1.165) is 6.42 Å². The normalized spacial score (nSPS) is 11.6. The van der Waals surface area contributed by atoms with Crippen LogP contribution in [0.3, 0.4) is 0 Å². The number of nitrogens with one attached hydrogen (secondary N) is 1. The smallest absolute Gasteiger partial charge is 0.359 e. The summed E-state index contributed by atoms with van der Waals surface area (Å²) < 4.78 is 4.89. The molecule has 0 spiro atoms. The fourth-order valence-electron chi connectivity index (χ4n) is 1.94. The van der Waals surface area contributed by atoms with E-state index in [-0.39, 0.29) is 12.3 Å². The Balaban J connectivity index is 1.84. The lowest BCUT2D eigenvalue weighted by Crippen LogP contribution is -2.21. The van der Waals surface area contributed by atoms with Crippen molar-refractivity contribution in [3.63, 3.8) is 0 Å². The van der Waals surface area contributed by atoms with Gasteiger partial charge in [0.25, 0.3) is 5.91 Å². The topological polar surface area (TPSA) is 81.2 Å². The largest absolute Gasteiger partial charge is 0.451 e. The van der Waals surface area contributed by atoms with Gasteiger partial charge in [0.1, 0.15) is 0 Å². The van der Waals surface area contributed by atoms with Gasteiger partial charge in [0.2, 0.25) is 0 Å². The maximum absolute atomic E-state index is 11.8. The summed E-state index contributed by atoms with van der Waals surface area (Å²) in [6, 6.07) is 7.64. The van der Waals surface area contributed by atoms with Gasteiger partial charge in [-0.05, 0) is 30.0 Å². The highest BCUT2D eigenvalue weighted by Crippen LogP contribution is 2.20. The molecule has 1 atom stereocenters. The Morgan fingerprint density at radius 3 is 2.57 bits per heavy atom. The fourth-order valence-corrected chi connectivity index (χ4v) is 1.94. The van der Waals surface area contributed by atoms with Gasteiger partial charge in [-0.25, -0.2) is 9.78 Å². The molecule has 6 heteroatoms. The van der Waals surface area contributed by atoms with Crippen molar-refractivity contribution in [3.8, 4) is 0 Å². The average molecular weight is 313 g/mol. The van der Waals surface area contributed by atoms with Crippen molar-refractivity contribution in [1.29, 1.82) is 0 Å². The Morgan fingerprint density at radius 2 is 1.96 bits per heavy atom. The third kappa shape index (κ3) is 4.88. The summed E-state index contributed by atoms with van der Waals surface area (Å²) in [5.41, 5.74) is 1.95. The zero-order valence-corrected chi connectivity index (χ0v) is 13.2. The van der Waals surface area contributed by atoms with Crippen molar-refractivity contribution >= 4 is 17.6 Å². The number of aromatic nitrogens is 2. The average Bonchev–Trinajstić information content (AvgIpc) is 2.60. The van der Waals surface area contributed by atoms with Crippen LogP contribution in [0.25, 0.3) is 0 Å². The number of carbonyl (C=O) groups is 2. The lowest BCUT2D eigenvalue weighted by Gasteiger charge is -2.10. The third-order valence-corrected chi connectivity index (χ3v) is 3.48. The minimum atomic E-state index is -0.680. The lowest BCUT2D eigenvalue weighted by atomic mass is 9.99. The van der Waals surface area contributed by atoms with Gasteiger partial charge in [-0.3, -0.25) is 9.78 Å². The molecular formula is C17H19N3O3. The van der Waals surface area contributed by atoms with Crippen LogP contribution in [-0.2, 0) is 9.53 Å². The number of benzene rings is 1. The second-order valence-corrected chi connectivity index (χ2v) is 5.15. The van der Waals surface area contributed by atoms with E-state index in [0.29, 0.717) is 11.6 Å². The highest BCUT2D eigenvalue weighted by Gasteiger charge is 2.11. The van der Waals surface area contributed by atoms with Crippen molar-refractivity contribution in [1.82, 2.24) is 9.97 Å². The van der Waals surface area contributed by atoms with Crippen LogP contribution < -0.4 is 5.32 Å². The Morgan fingerprint density at radius 1 is 1.22 bits per heavy atom. The summed E-state index contributed by atoms with van der Waals surface area (Å²) in [4.78, 5) is 31.0. The molecule has 6 nitrogen and oxygen atoms in total. The van der Waals surface area contributed by atoms with Crippen molar-refractivity contribution in [2.24, 2.45) is 0 Å². The molecule has 1 N–H and O–H groups in total. The van der Waals surface area contributed by atoms with Gasteiger partial charge in [-0.2, -0.15) is 0 Å². The highest BCUT2D eigenvalue weighted by molar-refractivity contribution is 5.94. The second kappa shape index (κ2) is 8.03. The van der Waals surface area contributed by atoms with Gasteiger partial charge in [0, 0.05) is 18.1 Å². The third-order valence-electron chi connectivity index (χ3n) is 3.48.